The number of hydrogen-bond acceptors (Lipinski definition) is 4. The number of nitrogens with two attached hydrogens (primary N) is 1. The zero-order valence-electron chi connectivity index (χ0n) is 6.29. The maximum atomic E-state index is 5.49. The van der Waals surface area contributed by atoms with E-state index in [0.29, 0.717) is 5.92 Å². The van der Waals surface area contributed by atoms with Gasteiger partial charge < -0.3 is 5.73 Å². The van der Waals surface area contributed by atoms with Gasteiger partial charge in [-0.2, -0.15) is 0 Å². The molecule has 0 aliphatic heterocycles. The van der Waals surface area contributed by atoms with Crippen LogP contribution in [-0.2, 0) is 6.42 Å². The van der Waals surface area contributed by atoms with Gasteiger partial charge in [0.05, 0.1) is 5.69 Å². The second-order valence-electron chi connectivity index (χ2n) is 2.89. The van der Waals surface area contributed by atoms with E-state index in [1.807, 2.05) is 0 Å². The third-order valence-corrected chi connectivity index (χ3v) is 3.00. The Morgan fingerprint density at radius 3 is 3.36 bits per heavy atom. The van der Waals surface area contributed by atoms with E-state index in [2.05, 4.69) is 9.59 Å². The van der Waals surface area contributed by atoms with Gasteiger partial charge in [-0.05, 0) is 37.3 Å². The fourth-order valence-electron chi connectivity index (χ4n) is 1.62. The van der Waals surface area contributed by atoms with E-state index in [-0.39, 0.29) is 0 Å². The van der Waals surface area contributed by atoms with E-state index < -0.39 is 0 Å². The van der Waals surface area contributed by atoms with Crippen LogP contribution in [0.5, 0.6) is 0 Å². The van der Waals surface area contributed by atoms with Crippen molar-refractivity contribution in [3.8, 4) is 0 Å². The second kappa shape index (κ2) is 2.87. The SMILES string of the molecule is NCCC1CCc2snnc21. The van der Waals surface area contributed by atoms with Crippen molar-refractivity contribution in [3.05, 3.63) is 10.6 Å². The lowest BCUT2D eigenvalue weighted by molar-refractivity contribution is 0.611. The normalized spacial score (nSPS) is 22.1. The molecule has 1 aromatic heterocycles. The van der Waals surface area contributed by atoms with Gasteiger partial charge in [-0.1, -0.05) is 4.49 Å². The summed E-state index contributed by atoms with van der Waals surface area (Å²) in [5.41, 5.74) is 6.71. The molecule has 1 aliphatic rings. The first-order valence-electron chi connectivity index (χ1n) is 3.93. The molecule has 3 nitrogen and oxygen atoms in total. The Kier molecular flexibility index (Phi) is 1.87. The van der Waals surface area contributed by atoms with E-state index in [9.17, 15) is 0 Å². The van der Waals surface area contributed by atoms with E-state index in [4.69, 9.17) is 5.73 Å². The Bertz CT molecular complexity index is 246. The first-order chi connectivity index (χ1) is 5.42. The Morgan fingerprint density at radius 1 is 1.64 bits per heavy atom. The minimum absolute atomic E-state index is 0.605. The molecular formula is C7H11N3S. The highest BCUT2D eigenvalue weighted by molar-refractivity contribution is 7.05. The minimum atomic E-state index is 0.605. The Morgan fingerprint density at radius 2 is 2.55 bits per heavy atom. The molecule has 1 aromatic rings. The van der Waals surface area contributed by atoms with Crippen LogP contribution in [-0.4, -0.2) is 16.1 Å². The van der Waals surface area contributed by atoms with Gasteiger partial charge in [0.25, 0.3) is 0 Å². The molecule has 0 fully saturated rings. The molecule has 1 heterocycles. The van der Waals surface area contributed by atoms with Gasteiger partial charge in [0, 0.05) is 10.8 Å². The van der Waals surface area contributed by atoms with Gasteiger partial charge in [0.2, 0.25) is 0 Å². The van der Waals surface area contributed by atoms with Gasteiger partial charge in [0.1, 0.15) is 0 Å². The number of aryl methyl sites for hydroxylation is 1. The van der Waals surface area contributed by atoms with Crippen LogP contribution in [0.2, 0.25) is 0 Å². The monoisotopic (exact) mass is 169 g/mol. The Labute approximate surface area is 69.8 Å². The molecule has 1 unspecified atom stereocenters. The summed E-state index contributed by atoms with van der Waals surface area (Å²) >= 11 is 1.54. The molecule has 1 atom stereocenters. The number of nitrogens with zero attached hydrogens (tertiary/aromatic N) is 2. The van der Waals surface area contributed by atoms with Crippen molar-refractivity contribution in [2.75, 3.05) is 6.54 Å². The molecule has 0 saturated carbocycles. The van der Waals surface area contributed by atoms with Crippen LogP contribution in [0.4, 0.5) is 0 Å². The second-order valence-corrected chi connectivity index (χ2v) is 3.73. The van der Waals surface area contributed by atoms with Crippen LogP contribution in [0, 0.1) is 0 Å². The van der Waals surface area contributed by atoms with Crippen molar-refractivity contribution in [1.82, 2.24) is 9.59 Å². The highest BCUT2D eigenvalue weighted by atomic mass is 32.1. The molecule has 0 spiro atoms. The molecule has 2 rings (SSSR count). The fraction of sp³-hybridized carbons (Fsp3) is 0.714. The quantitative estimate of drug-likeness (QED) is 0.716. The molecule has 0 amide bonds. The predicted molar refractivity (Wildman–Crippen MR) is 44.6 cm³/mol. The Hall–Kier alpha value is -0.480. The molecule has 11 heavy (non-hydrogen) atoms. The van der Waals surface area contributed by atoms with Crippen molar-refractivity contribution in [3.63, 3.8) is 0 Å². The number of rotatable bonds is 2. The molecule has 0 bridgehead atoms. The smallest absolute Gasteiger partial charge is 0.0818 e. The summed E-state index contributed by atoms with van der Waals surface area (Å²) in [5, 5.41) is 4.11. The lowest BCUT2D eigenvalue weighted by atomic mass is 10.0. The van der Waals surface area contributed by atoms with Gasteiger partial charge in [-0.25, -0.2) is 0 Å². The average molecular weight is 169 g/mol. The van der Waals surface area contributed by atoms with E-state index in [1.54, 1.807) is 0 Å². The summed E-state index contributed by atoms with van der Waals surface area (Å²) in [4.78, 5) is 1.38. The van der Waals surface area contributed by atoms with Crippen LogP contribution in [0.1, 0.15) is 29.3 Å². The highest BCUT2D eigenvalue weighted by Crippen LogP contribution is 2.34. The summed E-state index contributed by atoms with van der Waals surface area (Å²) in [6.07, 6.45) is 3.46. The van der Waals surface area contributed by atoms with Gasteiger partial charge in [-0.15, -0.1) is 5.10 Å². The summed E-state index contributed by atoms with van der Waals surface area (Å²) in [6.45, 7) is 0.766. The largest absolute Gasteiger partial charge is 0.330 e. The lowest BCUT2D eigenvalue weighted by Crippen LogP contribution is -2.05. The zero-order chi connectivity index (χ0) is 7.68. The van der Waals surface area contributed by atoms with Crippen molar-refractivity contribution >= 4 is 11.5 Å². The third-order valence-electron chi connectivity index (χ3n) is 2.21. The topological polar surface area (TPSA) is 51.8 Å². The molecular weight excluding hydrogens is 158 g/mol. The fourth-order valence-corrected chi connectivity index (χ4v) is 2.36. The molecule has 0 aromatic carbocycles. The highest BCUT2D eigenvalue weighted by Gasteiger charge is 2.25. The van der Waals surface area contributed by atoms with Crippen molar-refractivity contribution in [2.24, 2.45) is 5.73 Å². The van der Waals surface area contributed by atoms with E-state index in [1.165, 1.54) is 28.5 Å². The van der Waals surface area contributed by atoms with Gasteiger partial charge in [0.15, 0.2) is 0 Å². The molecule has 4 heteroatoms. The van der Waals surface area contributed by atoms with Crippen LogP contribution in [0.15, 0.2) is 0 Å². The van der Waals surface area contributed by atoms with Crippen LogP contribution < -0.4 is 5.73 Å². The van der Waals surface area contributed by atoms with Crippen LogP contribution >= 0.6 is 11.5 Å². The maximum absolute atomic E-state index is 5.49. The minimum Gasteiger partial charge on any atom is -0.330 e. The summed E-state index contributed by atoms with van der Waals surface area (Å²) < 4.78 is 3.93. The number of aromatic nitrogens is 2. The average Bonchev–Trinajstić information content (AvgIpc) is 2.53. The van der Waals surface area contributed by atoms with Crippen LogP contribution in [0.3, 0.4) is 0 Å². The van der Waals surface area contributed by atoms with E-state index >= 15 is 0 Å². The molecule has 2 N–H and O–H groups in total. The van der Waals surface area contributed by atoms with E-state index in [0.717, 1.165) is 19.4 Å². The number of fused-ring (bicyclic) bond motifs is 1. The molecule has 60 valence electrons. The first kappa shape index (κ1) is 7.18. The zero-order valence-corrected chi connectivity index (χ0v) is 7.10. The molecule has 0 radical (unpaired) electrons. The summed E-state index contributed by atoms with van der Waals surface area (Å²) in [5.74, 6) is 0.605. The maximum Gasteiger partial charge on any atom is 0.0818 e. The number of hydrogen-bond donors (Lipinski definition) is 1. The lowest BCUT2D eigenvalue weighted by Gasteiger charge is -2.04. The van der Waals surface area contributed by atoms with Crippen LogP contribution in [0.25, 0.3) is 0 Å². The molecule has 0 saturated heterocycles. The predicted octanol–water partition coefficient (Wildman–Crippen LogP) is 0.917. The van der Waals surface area contributed by atoms with Crippen molar-refractivity contribution in [2.45, 2.75) is 25.2 Å². The third kappa shape index (κ3) is 1.16. The van der Waals surface area contributed by atoms with Gasteiger partial charge >= 0.3 is 0 Å². The summed E-state index contributed by atoms with van der Waals surface area (Å²) in [7, 11) is 0. The standard InChI is InChI=1S/C7H11N3S/c8-4-3-5-1-2-6-7(5)9-10-11-6/h5H,1-4,8H2. The Balaban J connectivity index is 2.18. The van der Waals surface area contributed by atoms with Crippen molar-refractivity contribution < 1.29 is 0 Å². The van der Waals surface area contributed by atoms with Crippen molar-refractivity contribution in [1.29, 1.82) is 0 Å². The van der Waals surface area contributed by atoms with Gasteiger partial charge in [-0.3, -0.25) is 0 Å². The first-order valence-corrected chi connectivity index (χ1v) is 4.70. The summed E-state index contributed by atoms with van der Waals surface area (Å²) in [6, 6.07) is 0. The molecule has 1 aliphatic carbocycles.